The van der Waals surface area contributed by atoms with E-state index in [1.165, 1.54) is 11.3 Å². The number of rotatable bonds is 3. The van der Waals surface area contributed by atoms with Crippen molar-refractivity contribution in [2.75, 3.05) is 14.1 Å². The van der Waals surface area contributed by atoms with Crippen molar-refractivity contribution in [3.05, 3.63) is 66.2 Å². The first-order valence-electron chi connectivity index (χ1n) is 6.41. The van der Waals surface area contributed by atoms with Gasteiger partial charge in [0, 0.05) is 5.56 Å². The average molecular weight is 240 g/mol. The molecule has 0 fully saturated rings. The summed E-state index contributed by atoms with van der Waals surface area (Å²) in [5, 5.41) is 0. The highest BCUT2D eigenvalue weighted by Crippen LogP contribution is 2.36. The van der Waals surface area contributed by atoms with Gasteiger partial charge in [-0.05, 0) is 26.0 Å². The second-order valence-corrected chi connectivity index (χ2v) is 5.71. The molecule has 0 amide bonds. The zero-order valence-electron chi connectivity index (χ0n) is 11.7. The Labute approximate surface area is 110 Å². The van der Waals surface area contributed by atoms with Gasteiger partial charge in [-0.25, -0.2) is 0 Å². The van der Waals surface area contributed by atoms with Gasteiger partial charge < -0.3 is 0 Å². The lowest BCUT2D eigenvalue weighted by Crippen LogP contribution is -2.55. The fraction of sp³-hybridized carbons (Fsp3) is 0.294. The van der Waals surface area contributed by atoms with E-state index < -0.39 is 0 Å². The third-order valence-electron chi connectivity index (χ3n) is 4.28. The number of benzene rings is 2. The van der Waals surface area contributed by atoms with Crippen LogP contribution < -0.4 is 4.48 Å². The molecule has 94 valence electrons. The molecule has 1 nitrogen and oxygen atoms in total. The minimum atomic E-state index is 0.0304. The van der Waals surface area contributed by atoms with E-state index in [1.807, 2.05) is 0 Å². The highest BCUT2D eigenvalue weighted by molar-refractivity contribution is 5.45. The number of quaternary nitrogens is 1. The first-order chi connectivity index (χ1) is 8.46. The van der Waals surface area contributed by atoms with Crippen LogP contribution in [0, 0.1) is 0 Å². The van der Waals surface area contributed by atoms with Gasteiger partial charge in [-0.3, -0.25) is 4.48 Å². The Morgan fingerprint density at radius 1 is 0.722 bits per heavy atom. The maximum Gasteiger partial charge on any atom is 0.133 e. The first-order valence-corrected chi connectivity index (χ1v) is 6.41. The SMILES string of the molecule is CC(C)(c1ccccc1)[N+](C)(C)c1ccccc1. The lowest BCUT2D eigenvalue weighted by atomic mass is 9.89. The molecule has 0 heterocycles. The van der Waals surface area contributed by atoms with Gasteiger partial charge in [-0.15, -0.1) is 0 Å². The molecule has 0 aliphatic carbocycles. The fourth-order valence-electron chi connectivity index (χ4n) is 2.29. The molecule has 2 aromatic carbocycles. The Bertz CT molecular complexity index is 448. The van der Waals surface area contributed by atoms with Crippen LogP contribution >= 0.6 is 0 Å². The molecule has 0 aliphatic heterocycles. The van der Waals surface area contributed by atoms with Gasteiger partial charge in [0.15, 0.2) is 0 Å². The van der Waals surface area contributed by atoms with E-state index in [-0.39, 0.29) is 5.54 Å². The molecule has 0 saturated heterocycles. The van der Waals surface area contributed by atoms with Crippen molar-refractivity contribution in [3.63, 3.8) is 0 Å². The summed E-state index contributed by atoms with van der Waals surface area (Å²) < 4.78 is 0.831. The Hall–Kier alpha value is -1.60. The van der Waals surface area contributed by atoms with Gasteiger partial charge in [-0.2, -0.15) is 0 Å². The van der Waals surface area contributed by atoms with Crippen molar-refractivity contribution in [2.45, 2.75) is 19.4 Å². The van der Waals surface area contributed by atoms with E-state index in [2.05, 4.69) is 88.6 Å². The maximum absolute atomic E-state index is 2.30. The molecule has 0 aliphatic rings. The minimum Gasteiger partial charge on any atom is -0.288 e. The van der Waals surface area contributed by atoms with Crippen LogP contribution in [0.5, 0.6) is 0 Å². The van der Waals surface area contributed by atoms with Crippen LogP contribution in [0.1, 0.15) is 19.4 Å². The normalized spacial score (nSPS) is 12.4. The second kappa shape index (κ2) is 4.58. The summed E-state index contributed by atoms with van der Waals surface area (Å²) >= 11 is 0. The molecule has 1 heteroatoms. The fourth-order valence-corrected chi connectivity index (χ4v) is 2.29. The molecule has 0 bridgehead atoms. The van der Waals surface area contributed by atoms with Gasteiger partial charge in [0.1, 0.15) is 11.2 Å². The van der Waals surface area contributed by atoms with E-state index >= 15 is 0 Å². The molecule has 0 saturated carbocycles. The molecule has 0 radical (unpaired) electrons. The van der Waals surface area contributed by atoms with Crippen LogP contribution in [-0.2, 0) is 5.54 Å². The molecule has 2 rings (SSSR count). The third-order valence-corrected chi connectivity index (χ3v) is 4.28. The summed E-state index contributed by atoms with van der Waals surface area (Å²) in [5.41, 5.74) is 2.72. The van der Waals surface area contributed by atoms with E-state index in [0.717, 1.165) is 4.48 Å². The number of nitrogens with zero attached hydrogens (tertiary/aromatic N) is 1. The number of hydrogen-bond acceptors (Lipinski definition) is 0. The van der Waals surface area contributed by atoms with Crippen LogP contribution in [0.3, 0.4) is 0 Å². The van der Waals surface area contributed by atoms with E-state index in [4.69, 9.17) is 0 Å². The Kier molecular flexibility index (Phi) is 3.27. The van der Waals surface area contributed by atoms with Crippen molar-refractivity contribution < 1.29 is 0 Å². The Morgan fingerprint density at radius 3 is 1.67 bits per heavy atom. The van der Waals surface area contributed by atoms with Crippen LogP contribution in [0.2, 0.25) is 0 Å². The van der Waals surface area contributed by atoms with E-state index in [9.17, 15) is 0 Å². The molecule has 0 spiro atoms. The molecule has 0 aromatic heterocycles. The lowest BCUT2D eigenvalue weighted by Gasteiger charge is -2.44. The largest absolute Gasteiger partial charge is 0.288 e. The van der Waals surface area contributed by atoms with Crippen molar-refractivity contribution in [2.24, 2.45) is 0 Å². The number of para-hydroxylation sites is 1. The number of hydrogen-bond donors (Lipinski definition) is 0. The second-order valence-electron chi connectivity index (χ2n) is 5.71. The Balaban J connectivity index is 2.47. The topological polar surface area (TPSA) is 0 Å². The molecule has 2 aromatic rings. The van der Waals surface area contributed by atoms with E-state index in [1.54, 1.807) is 0 Å². The van der Waals surface area contributed by atoms with Gasteiger partial charge in [0.25, 0.3) is 0 Å². The zero-order chi connectivity index (χ0) is 13.2. The van der Waals surface area contributed by atoms with Crippen molar-refractivity contribution in [1.29, 1.82) is 0 Å². The molecular formula is C17H22N+. The predicted molar refractivity (Wildman–Crippen MR) is 79.6 cm³/mol. The first kappa shape index (κ1) is 12.8. The lowest BCUT2D eigenvalue weighted by molar-refractivity contribution is 0.198. The summed E-state index contributed by atoms with van der Waals surface area (Å²) in [6.07, 6.45) is 0. The van der Waals surface area contributed by atoms with Gasteiger partial charge in [0.05, 0.1) is 14.1 Å². The summed E-state index contributed by atoms with van der Waals surface area (Å²) in [7, 11) is 4.53. The summed E-state index contributed by atoms with van der Waals surface area (Å²) in [6, 6.07) is 21.4. The highest BCUT2D eigenvalue weighted by atomic mass is 15.4. The standard InChI is InChI=1S/C17H22N/c1-17(2,15-11-7-5-8-12-15)18(3,4)16-13-9-6-10-14-16/h5-14H,1-4H3/q+1. The quantitative estimate of drug-likeness (QED) is 0.706. The predicted octanol–water partition coefficient (Wildman–Crippen LogP) is 4.19. The van der Waals surface area contributed by atoms with Crippen molar-refractivity contribution in [3.8, 4) is 0 Å². The smallest absolute Gasteiger partial charge is 0.133 e. The third kappa shape index (κ3) is 2.06. The van der Waals surface area contributed by atoms with Crippen molar-refractivity contribution in [1.82, 2.24) is 4.48 Å². The van der Waals surface area contributed by atoms with Crippen LogP contribution in [-0.4, -0.2) is 14.1 Å². The average Bonchev–Trinajstić information content (AvgIpc) is 2.40. The van der Waals surface area contributed by atoms with Gasteiger partial charge in [0.2, 0.25) is 0 Å². The molecule has 18 heavy (non-hydrogen) atoms. The van der Waals surface area contributed by atoms with Gasteiger partial charge in [-0.1, -0.05) is 48.5 Å². The highest BCUT2D eigenvalue weighted by Gasteiger charge is 2.39. The summed E-state index contributed by atoms with van der Waals surface area (Å²) in [6.45, 7) is 4.60. The summed E-state index contributed by atoms with van der Waals surface area (Å²) in [4.78, 5) is 0. The molecule has 0 N–H and O–H groups in total. The van der Waals surface area contributed by atoms with Crippen molar-refractivity contribution >= 4 is 5.69 Å². The minimum absolute atomic E-state index is 0.0304. The zero-order valence-corrected chi connectivity index (χ0v) is 11.7. The van der Waals surface area contributed by atoms with E-state index in [0.29, 0.717) is 0 Å². The van der Waals surface area contributed by atoms with Gasteiger partial charge >= 0.3 is 0 Å². The molecular weight excluding hydrogens is 218 g/mol. The molecule has 0 unspecified atom stereocenters. The maximum atomic E-state index is 2.30. The van der Waals surface area contributed by atoms with Crippen LogP contribution in [0.25, 0.3) is 0 Å². The van der Waals surface area contributed by atoms with Crippen LogP contribution in [0.4, 0.5) is 5.69 Å². The molecule has 0 atom stereocenters. The summed E-state index contributed by atoms with van der Waals surface area (Å²) in [5.74, 6) is 0. The monoisotopic (exact) mass is 240 g/mol. The Morgan fingerprint density at radius 2 is 1.17 bits per heavy atom. The van der Waals surface area contributed by atoms with Crippen LogP contribution in [0.15, 0.2) is 60.7 Å².